The highest BCUT2D eigenvalue weighted by atomic mass is 16.1. The van der Waals surface area contributed by atoms with Crippen LogP contribution in [0.25, 0.3) is 0 Å². The molecule has 0 unspecified atom stereocenters. The molecule has 64 valence electrons. The molecule has 0 aromatic carbocycles. The zero-order valence-corrected chi connectivity index (χ0v) is 7.28. The van der Waals surface area contributed by atoms with E-state index < -0.39 is 0 Å². The third-order valence-corrected chi connectivity index (χ3v) is 1.24. The smallest absolute Gasteiger partial charge is 0.145 e. The molecule has 0 spiro atoms. The molecule has 0 saturated carbocycles. The lowest BCUT2D eigenvalue weighted by molar-refractivity contribution is -0.105. The van der Waals surface area contributed by atoms with Crippen LogP contribution in [0.3, 0.4) is 0 Å². The van der Waals surface area contributed by atoms with Gasteiger partial charge in [0.25, 0.3) is 0 Å². The van der Waals surface area contributed by atoms with Crippen molar-refractivity contribution in [3.8, 4) is 0 Å². The average molecular weight is 164 g/mol. The standard InChI is InChI=1S/C10H12O2/c1-9(6-7-11)4-3-5-10(2)8-12/h3-8H,1-2H3/b4-3+,9-6+,10-5+. The van der Waals surface area contributed by atoms with E-state index >= 15 is 0 Å². The van der Waals surface area contributed by atoms with E-state index in [0.29, 0.717) is 5.57 Å². The van der Waals surface area contributed by atoms with Gasteiger partial charge in [0.05, 0.1) is 0 Å². The zero-order chi connectivity index (χ0) is 9.40. The van der Waals surface area contributed by atoms with Gasteiger partial charge in [-0.15, -0.1) is 0 Å². The first-order valence-corrected chi connectivity index (χ1v) is 3.63. The number of hydrogen-bond donors (Lipinski definition) is 0. The van der Waals surface area contributed by atoms with Crippen molar-refractivity contribution in [3.63, 3.8) is 0 Å². The Kier molecular flexibility index (Phi) is 5.53. The second-order valence-corrected chi connectivity index (χ2v) is 2.43. The van der Waals surface area contributed by atoms with Crippen molar-refractivity contribution in [3.05, 3.63) is 35.5 Å². The largest absolute Gasteiger partial charge is 0.299 e. The van der Waals surface area contributed by atoms with E-state index in [0.717, 1.165) is 18.1 Å². The normalized spacial score (nSPS) is 13.5. The summed E-state index contributed by atoms with van der Waals surface area (Å²) in [5.41, 5.74) is 1.52. The molecule has 0 saturated heterocycles. The van der Waals surface area contributed by atoms with Gasteiger partial charge >= 0.3 is 0 Å². The quantitative estimate of drug-likeness (QED) is 0.361. The molecule has 2 heteroatoms. The van der Waals surface area contributed by atoms with Crippen molar-refractivity contribution in [2.45, 2.75) is 13.8 Å². The molecule has 0 aliphatic heterocycles. The molecule has 0 radical (unpaired) electrons. The van der Waals surface area contributed by atoms with E-state index in [4.69, 9.17) is 0 Å². The van der Waals surface area contributed by atoms with Crippen molar-refractivity contribution in [1.29, 1.82) is 0 Å². The Morgan fingerprint density at radius 1 is 1.00 bits per heavy atom. The molecule has 0 N–H and O–H groups in total. The van der Waals surface area contributed by atoms with Gasteiger partial charge in [-0.1, -0.05) is 18.2 Å². The van der Waals surface area contributed by atoms with Gasteiger partial charge in [0.1, 0.15) is 12.6 Å². The van der Waals surface area contributed by atoms with Crippen LogP contribution in [0.2, 0.25) is 0 Å². The van der Waals surface area contributed by atoms with E-state index in [2.05, 4.69) is 0 Å². The molecule has 0 aromatic rings. The molecule has 0 heterocycles. The van der Waals surface area contributed by atoms with Crippen LogP contribution < -0.4 is 0 Å². The number of hydrogen-bond acceptors (Lipinski definition) is 2. The van der Waals surface area contributed by atoms with Crippen molar-refractivity contribution < 1.29 is 9.59 Å². The number of rotatable bonds is 4. The molecule has 0 aliphatic carbocycles. The lowest BCUT2D eigenvalue weighted by atomic mass is 10.2. The third kappa shape index (κ3) is 5.35. The Bertz CT molecular complexity index is 245. The van der Waals surface area contributed by atoms with Gasteiger partial charge in [-0.3, -0.25) is 9.59 Å². The Labute approximate surface area is 72.3 Å². The number of carbonyl (C=O) groups excluding carboxylic acids is 2. The molecule has 0 fully saturated rings. The maximum absolute atomic E-state index is 10.1. The van der Waals surface area contributed by atoms with Crippen LogP contribution in [0.1, 0.15) is 13.8 Å². The molecular weight excluding hydrogens is 152 g/mol. The Morgan fingerprint density at radius 2 is 1.67 bits per heavy atom. The summed E-state index contributed by atoms with van der Waals surface area (Å²) in [6, 6.07) is 0. The van der Waals surface area contributed by atoms with Gasteiger partial charge in [-0.25, -0.2) is 0 Å². The first-order valence-electron chi connectivity index (χ1n) is 3.63. The average Bonchev–Trinajstić information content (AvgIpc) is 2.04. The van der Waals surface area contributed by atoms with E-state index in [1.54, 1.807) is 25.2 Å². The number of aldehydes is 2. The SMILES string of the molecule is C\C(C=O)=C/C=C/C(C)=C/C=O. The summed E-state index contributed by atoms with van der Waals surface area (Å²) in [7, 11) is 0. The van der Waals surface area contributed by atoms with Crippen LogP contribution in [0, 0.1) is 0 Å². The van der Waals surface area contributed by atoms with Crippen molar-refractivity contribution in [1.82, 2.24) is 0 Å². The van der Waals surface area contributed by atoms with Crippen LogP contribution in [-0.4, -0.2) is 12.6 Å². The van der Waals surface area contributed by atoms with Crippen LogP contribution in [0.15, 0.2) is 35.5 Å². The fourth-order valence-electron chi connectivity index (χ4n) is 0.554. The highest BCUT2D eigenvalue weighted by Crippen LogP contribution is 1.94. The predicted molar refractivity (Wildman–Crippen MR) is 48.8 cm³/mol. The Morgan fingerprint density at radius 3 is 2.17 bits per heavy atom. The van der Waals surface area contributed by atoms with E-state index in [9.17, 15) is 9.59 Å². The first-order chi connectivity index (χ1) is 5.70. The van der Waals surface area contributed by atoms with Gasteiger partial charge < -0.3 is 0 Å². The molecule has 0 aromatic heterocycles. The molecule has 0 atom stereocenters. The van der Waals surface area contributed by atoms with Crippen LogP contribution in [-0.2, 0) is 9.59 Å². The van der Waals surface area contributed by atoms with Gasteiger partial charge in [0.15, 0.2) is 0 Å². The minimum Gasteiger partial charge on any atom is -0.299 e. The predicted octanol–water partition coefficient (Wildman–Crippen LogP) is 1.83. The summed E-state index contributed by atoms with van der Waals surface area (Å²) < 4.78 is 0. The summed E-state index contributed by atoms with van der Waals surface area (Å²) in [5, 5.41) is 0. The number of carbonyl (C=O) groups is 2. The van der Waals surface area contributed by atoms with Gasteiger partial charge in [-0.05, 0) is 31.1 Å². The second kappa shape index (κ2) is 6.28. The molecule has 0 bridgehead atoms. The lowest BCUT2D eigenvalue weighted by Gasteiger charge is -1.85. The van der Waals surface area contributed by atoms with Gasteiger partial charge in [0, 0.05) is 0 Å². The van der Waals surface area contributed by atoms with Crippen LogP contribution in [0.4, 0.5) is 0 Å². The zero-order valence-electron chi connectivity index (χ0n) is 7.28. The fourth-order valence-corrected chi connectivity index (χ4v) is 0.554. The second-order valence-electron chi connectivity index (χ2n) is 2.43. The van der Waals surface area contributed by atoms with Crippen molar-refractivity contribution in [2.24, 2.45) is 0 Å². The summed E-state index contributed by atoms with van der Waals surface area (Å²) in [5.74, 6) is 0. The van der Waals surface area contributed by atoms with Gasteiger partial charge in [-0.2, -0.15) is 0 Å². The minimum atomic E-state index is 0.658. The monoisotopic (exact) mass is 164 g/mol. The summed E-state index contributed by atoms with van der Waals surface area (Å²) in [4.78, 5) is 20.1. The summed E-state index contributed by atoms with van der Waals surface area (Å²) in [6.07, 6.45) is 8.16. The van der Waals surface area contributed by atoms with E-state index in [1.807, 2.05) is 6.92 Å². The molecule has 0 amide bonds. The maximum Gasteiger partial charge on any atom is 0.145 e. The maximum atomic E-state index is 10.1. The molecule has 12 heavy (non-hydrogen) atoms. The van der Waals surface area contributed by atoms with E-state index in [1.165, 1.54) is 6.08 Å². The van der Waals surface area contributed by atoms with Crippen molar-refractivity contribution >= 4 is 12.6 Å². The molecular formula is C10H12O2. The van der Waals surface area contributed by atoms with E-state index in [-0.39, 0.29) is 0 Å². The third-order valence-electron chi connectivity index (χ3n) is 1.24. The highest BCUT2D eigenvalue weighted by molar-refractivity contribution is 5.72. The van der Waals surface area contributed by atoms with Crippen LogP contribution >= 0.6 is 0 Å². The first kappa shape index (κ1) is 10.6. The molecule has 2 nitrogen and oxygen atoms in total. The summed E-state index contributed by atoms with van der Waals surface area (Å²) in [6.45, 7) is 3.53. The fraction of sp³-hybridized carbons (Fsp3) is 0.200. The molecule has 0 rings (SSSR count). The Hall–Kier alpha value is -1.44. The molecule has 0 aliphatic rings. The summed E-state index contributed by atoms with van der Waals surface area (Å²) >= 11 is 0. The minimum absolute atomic E-state index is 0.658. The number of allylic oxidation sites excluding steroid dienone is 6. The van der Waals surface area contributed by atoms with Gasteiger partial charge in [0.2, 0.25) is 0 Å². The Balaban J connectivity index is 4.16. The topological polar surface area (TPSA) is 34.1 Å². The highest BCUT2D eigenvalue weighted by Gasteiger charge is 1.80. The van der Waals surface area contributed by atoms with Crippen molar-refractivity contribution in [2.75, 3.05) is 0 Å². The van der Waals surface area contributed by atoms with Crippen LogP contribution in [0.5, 0.6) is 0 Å². The lowest BCUT2D eigenvalue weighted by Crippen LogP contribution is -1.73.